The smallest absolute Gasteiger partial charge is 0.306 e. The normalized spacial score (nSPS) is 19.0. The van der Waals surface area contributed by atoms with Crippen molar-refractivity contribution < 1.29 is 49.3 Å². The summed E-state index contributed by atoms with van der Waals surface area (Å²) in [5.41, 5.74) is 0. The second kappa shape index (κ2) is 57.1. The van der Waals surface area contributed by atoms with Crippen LogP contribution in [0.25, 0.3) is 0 Å². The maximum absolute atomic E-state index is 13.4. The highest BCUT2D eigenvalue weighted by atomic mass is 16.7. The molecule has 1 heterocycles. The van der Waals surface area contributed by atoms with Gasteiger partial charge >= 0.3 is 5.97 Å². The summed E-state index contributed by atoms with van der Waals surface area (Å²) in [5, 5.41) is 57.1. The minimum atomic E-state index is -1.61. The van der Waals surface area contributed by atoms with Gasteiger partial charge in [-0.15, -0.1) is 0 Å². The van der Waals surface area contributed by atoms with E-state index in [2.05, 4.69) is 62.5 Å². The molecule has 0 aromatic rings. The summed E-state index contributed by atoms with van der Waals surface area (Å²) in [6.07, 6.45) is 60.0. The zero-order chi connectivity index (χ0) is 58.2. The fourth-order valence-electron chi connectivity index (χ4n) is 10.6. The topological polar surface area (TPSA) is 175 Å². The van der Waals surface area contributed by atoms with E-state index in [1.54, 1.807) is 6.08 Å². The van der Waals surface area contributed by atoms with E-state index in [4.69, 9.17) is 14.2 Å². The van der Waals surface area contributed by atoms with Crippen LogP contribution in [-0.2, 0) is 23.8 Å². The van der Waals surface area contributed by atoms with Crippen LogP contribution in [0.3, 0.4) is 0 Å². The van der Waals surface area contributed by atoms with Crippen LogP contribution in [0, 0.1) is 0 Å². The fraction of sp³-hybridized carbons (Fsp3) is 0.855. The van der Waals surface area contributed by atoms with Crippen LogP contribution in [0.4, 0.5) is 0 Å². The van der Waals surface area contributed by atoms with Crippen LogP contribution in [-0.4, -0.2) is 99.6 Å². The summed E-state index contributed by atoms with van der Waals surface area (Å²) in [4.78, 5) is 26.6. The molecule has 8 atom stereocenters. The number of carbonyl (C=O) groups excluding carboxylic acids is 2. The van der Waals surface area contributed by atoms with E-state index in [1.807, 2.05) is 6.08 Å². The molecule has 1 aliphatic rings. The van der Waals surface area contributed by atoms with E-state index in [0.717, 1.165) is 70.6 Å². The lowest BCUT2D eigenvalue weighted by atomic mass is 9.99. The van der Waals surface area contributed by atoms with Crippen LogP contribution in [0.2, 0.25) is 0 Å². The Bertz CT molecular complexity index is 1490. The Morgan fingerprint density at radius 1 is 0.487 bits per heavy atom. The van der Waals surface area contributed by atoms with Crippen LogP contribution >= 0.6 is 0 Å². The highest BCUT2D eigenvalue weighted by molar-refractivity contribution is 5.80. The second-order valence-corrected chi connectivity index (χ2v) is 23.6. The van der Waals surface area contributed by atoms with E-state index >= 15 is 0 Å². The van der Waals surface area contributed by atoms with Gasteiger partial charge in [0.05, 0.1) is 25.4 Å². The van der Waals surface area contributed by atoms with Crippen molar-refractivity contribution >= 4 is 11.9 Å². The fourth-order valence-corrected chi connectivity index (χ4v) is 10.6. The summed E-state index contributed by atoms with van der Waals surface area (Å²) in [7, 11) is 0. The number of hydrogen-bond donors (Lipinski definition) is 6. The number of unbranched alkanes of at least 4 members (excludes halogenated alkanes) is 38. The van der Waals surface area contributed by atoms with Crippen molar-refractivity contribution in [1.29, 1.82) is 0 Å². The molecule has 1 amide bonds. The Hall–Kier alpha value is -2.38. The molecular weight excluding hydrogens is 1000 g/mol. The van der Waals surface area contributed by atoms with Crippen LogP contribution in [0.15, 0.2) is 48.6 Å². The number of rotatable bonds is 58. The number of aliphatic hydroxyl groups excluding tert-OH is 5. The summed E-state index contributed by atoms with van der Waals surface area (Å²) < 4.78 is 17.7. The van der Waals surface area contributed by atoms with Crippen LogP contribution < -0.4 is 5.32 Å². The van der Waals surface area contributed by atoms with E-state index in [0.29, 0.717) is 12.8 Å². The third-order valence-corrected chi connectivity index (χ3v) is 16.0. The van der Waals surface area contributed by atoms with E-state index in [-0.39, 0.29) is 19.4 Å². The minimum Gasteiger partial charge on any atom is -0.454 e. The number of esters is 1. The molecule has 1 fully saturated rings. The highest BCUT2D eigenvalue weighted by Crippen LogP contribution is 2.26. The number of ether oxygens (including phenoxy) is 3. The molecule has 11 heteroatoms. The summed E-state index contributed by atoms with van der Waals surface area (Å²) in [5.74, 6) is -1.19. The summed E-state index contributed by atoms with van der Waals surface area (Å²) in [6.45, 7) is 5.79. The molecule has 1 saturated heterocycles. The van der Waals surface area contributed by atoms with Gasteiger partial charge in [0.2, 0.25) is 5.91 Å². The van der Waals surface area contributed by atoms with Gasteiger partial charge in [-0.25, -0.2) is 0 Å². The quantitative estimate of drug-likeness (QED) is 0.0195. The van der Waals surface area contributed by atoms with Gasteiger partial charge in [0.25, 0.3) is 0 Å². The van der Waals surface area contributed by atoms with Crippen molar-refractivity contribution in [2.45, 2.75) is 365 Å². The average Bonchev–Trinajstić information content (AvgIpc) is 3.45. The second-order valence-electron chi connectivity index (χ2n) is 23.6. The maximum Gasteiger partial charge on any atom is 0.306 e. The molecule has 11 nitrogen and oxygen atoms in total. The van der Waals surface area contributed by atoms with Crippen molar-refractivity contribution in [3.8, 4) is 0 Å². The lowest BCUT2D eigenvalue weighted by Crippen LogP contribution is -2.61. The standard InChI is InChI=1S/C69H127NO10/c1-4-7-10-13-16-19-22-25-27-29-31-32-33-35-37-39-42-45-48-51-54-57-64(74)80-67-66(76)65(75)63(58-71)79-69(67)78-59-60(61(72)55-52-49-46-43-40-24-21-18-15-12-9-6-3)70-68(77)62(73)56-53-50-47-44-41-38-36-34-30-28-26-23-20-17-14-11-8-5-2/h17,20,25-28,52,55,60-63,65-67,69,71-73,75-76H,4-16,18-19,21-24,29-51,53-54,56-59H2,1-3H3,(H,70,77)/b20-17-,27-25+,28-26-,55-52+. The number of hydrogen-bond acceptors (Lipinski definition) is 10. The molecule has 80 heavy (non-hydrogen) atoms. The van der Waals surface area contributed by atoms with Crippen molar-refractivity contribution in [1.82, 2.24) is 5.32 Å². The largest absolute Gasteiger partial charge is 0.454 e. The van der Waals surface area contributed by atoms with E-state index in [1.165, 1.54) is 199 Å². The van der Waals surface area contributed by atoms with E-state index < -0.39 is 67.4 Å². The Balaban J connectivity index is 2.61. The van der Waals surface area contributed by atoms with Crippen molar-refractivity contribution in [2.24, 2.45) is 0 Å². The van der Waals surface area contributed by atoms with Gasteiger partial charge in [-0.3, -0.25) is 9.59 Å². The Morgan fingerprint density at radius 3 is 1.31 bits per heavy atom. The van der Waals surface area contributed by atoms with Gasteiger partial charge in [0.15, 0.2) is 12.4 Å². The zero-order valence-electron chi connectivity index (χ0n) is 52.0. The molecular formula is C69H127NO10. The molecule has 0 aromatic carbocycles. The van der Waals surface area contributed by atoms with Crippen molar-refractivity contribution in [3.63, 3.8) is 0 Å². The number of allylic oxidation sites excluding steroid dienone is 7. The minimum absolute atomic E-state index is 0.124. The predicted molar refractivity (Wildman–Crippen MR) is 334 cm³/mol. The third kappa shape index (κ3) is 44.2. The third-order valence-electron chi connectivity index (χ3n) is 16.0. The van der Waals surface area contributed by atoms with Gasteiger partial charge in [-0.1, -0.05) is 275 Å². The van der Waals surface area contributed by atoms with Gasteiger partial charge in [0.1, 0.15) is 24.4 Å². The number of carbonyl (C=O) groups is 2. The first-order chi connectivity index (χ1) is 39.2. The Kier molecular flexibility index (Phi) is 54.0. The first kappa shape index (κ1) is 75.6. The molecule has 1 rings (SSSR count). The van der Waals surface area contributed by atoms with Gasteiger partial charge < -0.3 is 45.1 Å². The molecule has 0 saturated carbocycles. The Morgan fingerprint density at radius 2 is 0.863 bits per heavy atom. The lowest BCUT2D eigenvalue weighted by Gasteiger charge is -2.41. The van der Waals surface area contributed by atoms with Crippen molar-refractivity contribution in [3.05, 3.63) is 48.6 Å². The maximum atomic E-state index is 13.4. The molecule has 0 aliphatic carbocycles. The monoisotopic (exact) mass is 1130 g/mol. The molecule has 0 aromatic heterocycles. The molecule has 6 N–H and O–H groups in total. The highest BCUT2D eigenvalue weighted by Gasteiger charge is 2.47. The molecule has 0 radical (unpaired) electrons. The first-order valence-electron chi connectivity index (χ1n) is 33.9. The summed E-state index contributed by atoms with van der Waals surface area (Å²) in [6, 6.07) is -1.03. The number of aliphatic hydroxyl groups is 5. The van der Waals surface area contributed by atoms with Crippen LogP contribution in [0.5, 0.6) is 0 Å². The summed E-state index contributed by atoms with van der Waals surface area (Å²) >= 11 is 0. The Labute approximate surface area is 491 Å². The SMILES string of the molecule is CCCCC/C=C\C/C=C\CCCCCCCCCCC(O)C(=O)NC(COC1OC(CO)C(O)C(O)C1OC(=O)CCCCCCCCCCCCC/C=C/CCCCCCCC)C(O)/C=C/CCCCCCCCCCCC. The molecule has 0 spiro atoms. The predicted octanol–water partition coefficient (Wildman–Crippen LogP) is 16.8. The van der Waals surface area contributed by atoms with Gasteiger partial charge in [0, 0.05) is 6.42 Å². The van der Waals surface area contributed by atoms with Crippen LogP contribution in [0.1, 0.15) is 316 Å². The van der Waals surface area contributed by atoms with Gasteiger partial charge in [-0.2, -0.15) is 0 Å². The lowest BCUT2D eigenvalue weighted by molar-refractivity contribution is -0.305. The molecule has 0 bridgehead atoms. The molecule has 8 unspecified atom stereocenters. The van der Waals surface area contributed by atoms with E-state index in [9.17, 15) is 35.1 Å². The molecule has 468 valence electrons. The number of nitrogens with one attached hydrogen (secondary N) is 1. The zero-order valence-corrected chi connectivity index (χ0v) is 52.0. The average molecular weight is 1130 g/mol. The van der Waals surface area contributed by atoms with Crippen molar-refractivity contribution in [2.75, 3.05) is 13.2 Å². The number of amides is 1. The van der Waals surface area contributed by atoms with Gasteiger partial charge in [-0.05, 0) is 83.5 Å². The first-order valence-corrected chi connectivity index (χ1v) is 33.9. The molecule has 1 aliphatic heterocycles.